The van der Waals surface area contributed by atoms with E-state index in [1.165, 1.54) is 10.7 Å². The predicted molar refractivity (Wildman–Crippen MR) is 86.0 cm³/mol. The zero-order chi connectivity index (χ0) is 16.6. The van der Waals surface area contributed by atoms with Gasteiger partial charge in [-0.1, -0.05) is 19.3 Å². The molecular weight excluding hydrogens is 316 g/mol. The van der Waals surface area contributed by atoms with E-state index < -0.39 is 9.84 Å². The first-order valence-electron chi connectivity index (χ1n) is 7.72. The number of hydrogen-bond donors (Lipinski definition) is 1. The molecule has 0 unspecified atom stereocenters. The van der Waals surface area contributed by atoms with E-state index in [0.717, 1.165) is 38.4 Å². The average molecular weight is 336 g/mol. The molecule has 0 saturated heterocycles. The number of aromatic nitrogens is 3. The summed E-state index contributed by atoms with van der Waals surface area (Å²) in [5.74, 6) is -0.0348. The van der Waals surface area contributed by atoms with Crippen LogP contribution < -0.4 is 5.32 Å². The molecule has 3 rings (SSSR count). The molecule has 0 atom stereocenters. The van der Waals surface area contributed by atoms with Crippen LogP contribution in [0.5, 0.6) is 0 Å². The number of rotatable bonds is 3. The van der Waals surface area contributed by atoms with E-state index in [2.05, 4.69) is 15.4 Å². The lowest BCUT2D eigenvalue weighted by Gasteiger charge is -2.21. The van der Waals surface area contributed by atoms with Gasteiger partial charge in [0.05, 0.1) is 11.9 Å². The van der Waals surface area contributed by atoms with Gasteiger partial charge in [-0.2, -0.15) is 9.61 Å². The Balaban J connectivity index is 2.04. The van der Waals surface area contributed by atoms with Crippen LogP contribution in [0, 0.1) is 12.8 Å². The van der Waals surface area contributed by atoms with Crippen LogP contribution >= 0.6 is 0 Å². The second-order valence-corrected chi connectivity index (χ2v) is 8.11. The molecule has 0 spiro atoms. The van der Waals surface area contributed by atoms with Gasteiger partial charge < -0.3 is 5.32 Å². The highest BCUT2D eigenvalue weighted by molar-refractivity contribution is 7.90. The molecule has 0 aromatic carbocycles. The molecule has 1 fully saturated rings. The van der Waals surface area contributed by atoms with E-state index in [0.29, 0.717) is 11.3 Å². The van der Waals surface area contributed by atoms with Gasteiger partial charge in [0.2, 0.25) is 5.91 Å². The molecule has 2 aromatic rings. The summed E-state index contributed by atoms with van der Waals surface area (Å²) in [7, 11) is -3.53. The summed E-state index contributed by atoms with van der Waals surface area (Å²) in [6, 6.07) is 1.74. The van der Waals surface area contributed by atoms with Gasteiger partial charge in [0.15, 0.2) is 21.3 Å². The van der Waals surface area contributed by atoms with E-state index in [1.807, 2.05) is 0 Å². The molecule has 1 saturated carbocycles. The number of anilines is 1. The van der Waals surface area contributed by atoms with Crippen LogP contribution in [0.25, 0.3) is 5.65 Å². The quantitative estimate of drug-likeness (QED) is 0.925. The average Bonchev–Trinajstić information content (AvgIpc) is 2.88. The second kappa shape index (κ2) is 5.92. The number of amides is 1. The Morgan fingerprint density at radius 1 is 1.30 bits per heavy atom. The first kappa shape index (κ1) is 15.9. The third kappa shape index (κ3) is 3.21. The van der Waals surface area contributed by atoms with Crippen molar-refractivity contribution < 1.29 is 13.2 Å². The van der Waals surface area contributed by atoms with Crippen molar-refractivity contribution >= 4 is 27.2 Å². The van der Waals surface area contributed by atoms with Gasteiger partial charge in [-0.3, -0.25) is 4.79 Å². The van der Waals surface area contributed by atoms with Crippen LogP contribution in [-0.2, 0) is 14.6 Å². The highest BCUT2D eigenvalue weighted by Crippen LogP contribution is 2.27. The summed E-state index contributed by atoms with van der Waals surface area (Å²) in [6.45, 7) is 1.79. The van der Waals surface area contributed by atoms with E-state index in [1.54, 1.807) is 13.0 Å². The minimum Gasteiger partial charge on any atom is -0.309 e. The van der Waals surface area contributed by atoms with Crippen molar-refractivity contribution in [3.63, 3.8) is 0 Å². The van der Waals surface area contributed by atoms with Gasteiger partial charge in [-0.05, 0) is 19.8 Å². The SMILES string of the molecule is Cc1cc2ncc(S(C)(=O)=O)c(NC(=O)C3CCCCC3)n2n1. The molecule has 1 amide bonds. The summed E-state index contributed by atoms with van der Waals surface area (Å²) in [5, 5.41) is 7.05. The number of sulfone groups is 1. The van der Waals surface area contributed by atoms with E-state index in [-0.39, 0.29) is 22.5 Å². The highest BCUT2D eigenvalue weighted by Gasteiger charge is 2.25. The summed E-state index contributed by atoms with van der Waals surface area (Å²) in [6.07, 6.45) is 7.27. The van der Waals surface area contributed by atoms with Crippen LogP contribution in [0.2, 0.25) is 0 Å². The topological polar surface area (TPSA) is 93.4 Å². The Kier molecular flexibility index (Phi) is 4.09. The molecule has 2 aromatic heterocycles. The van der Waals surface area contributed by atoms with Crippen LogP contribution in [0.1, 0.15) is 37.8 Å². The van der Waals surface area contributed by atoms with Gasteiger partial charge in [0.25, 0.3) is 0 Å². The minimum absolute atomic E-state index is 0.0164. The number of aryl methyl sites for hydroxylation is 1. The van der Waals surface area contributed by atoms with Crippen molar-refractivity contribution in [2.45, 2.75) is 43.9 Å². The second-order valence-electron chi connectivity index (χ2n) is 6.12. The molecule has 0 aliphatic heterocycles. The van der Waals surface area contributed by atoms with Gasteiger partial charge in [0.1, 0.15) is 4.90 Å². The fourth-order valence-corrected chi connectivity index (χ4v) is 3.73. The number of nitrogens with one attached hydrogen (secondary N) is 1. The van der Waals surface area contributed by atoms with Gasteiger partial charge in [-0.15, -0.1) is 0 Å². The lowest BCUT2D eigenvalue weighted by Crippen LogP contribution is -2.27. The largest absolute Gasteiger partial charge is 0.309 e. The van der Waals surface area contributed by atoms with Crippen molar-refractivity contribution in [1.29, 1.82) is 0 Å². The molecule has 124 valence electrons. The van der Waals surface area contributed by atoms with Crippen molar-refractivity contribution in [3.8, 4) is 0 Å². The molecule has 8 heteroatoms. The lowest BCUT2D eigenvalue weighted by atomic mass is 9.89. The zero-order valence-electron chi connectivity index (χ0n) is 13.2. The summed E-state index contributed by atoms with van der Waals surface area (Å²) in [4.78, 5) is 16.6. The van der Waals surface area contributed by atoms with Crippen LogP contribution in [0.3, 0.4) is 0 Å². The Hall–Kier alpha value is -1.96. The summed E-state index contributed by atoms with van der Waals surface area (Å²) >= 11 is 0. The fraction of sp³-hybridized carbons (Fsp3) is 0.533. The molecule has 2 heterocycles. The molecule has 0 radical (unpaired) electrons. The number of nitrogens with zero attached hydrogens (tertiary/aromatic N) is 3. The maximum Gasteiger partial charge on any atom is 0.228 e. The van der Waals surface area contributed by atoms with Crippen LogP contribution in [0.4, 0.5) is 5.82 Å². The standard InChI is InChI=1S/C15H20N4O3S/c1-10-8-13-16-9-12(23(2,21)22)14(19(13)18-10)17-15(20)11-6-4-3-5-7-11/h8-9,11H,3-7H2,1-2H3,(H,17,20). The third-order valence-electron chi connectivity index (χ3n) is 4.19. The molecule has 7 nitrogen and oxygen atoms in total. The Morgan fingerprint density at radius 3 is 2.65 bits per heavy atom. The number of carbonyl (C=O) groups is 1. The first-order valence-corrected chi connectivity index (χ1v) is 9.62. The van der Waals surface area contributed by atoms with Crippen molar-refractivity contribution in [1.82, 2.24) is 14.6 Å². The minimum atomic E-state index is -3.53. The van der Waals surface area contributed by atoms with E-state index >= 15 is 0 Å². The lowest BCUT2D eigenvalue weighted by molar-refractivity contribution is -0.120. The predicted octanol–water partition coefficient (Wildman–Crippen LogP) is 1.96. The van der Waals surface area contributed by atoms with Crippen LogP contribution in [0.15, 0.2) is 17.2 Å². The van der Waals surface area contributed by atoms with Crippen molar-refractivity contribution in [2.24, 2.45) is 5.92 Å². The fourth-order valence-electron chi connectivity index (χ4n) is 3.00. The summed E-state index contributed by atoms with van der Waals surface area (Å²) in [5.41, 5.74) is 1.21. The van der Waals surface area contributed by atoms with Gasteiger partial charge >= 0.3 is 0 Å². The zero-order valence-corrected chi connectivity index (χ0v) is 14.1. The molecule has 1 aliphatic rings. The van der Waals surface area contributed by atoms with E-state index in [9.17, 15) is 13.2 Å². The number of hydrogen-bond acceptors (Lipinski definition) is 5. The highest BCUT2D eigenvalue weighted by atomic mass is 32.2. The van der Waals surface area contributed by atoms with Gasteiger partial charge in [0, 0.05) is 18.2 Å². The monoisotopic (exact) mass is 336 g/mol. The first-order chi connectivity index (χ1) is 10.9. The Bertz CT molecular complexity index is 851. The van der Waals surface area contributed by atoms with Crippen molar-refractivity contribution in [2.75, 3.05) is 11.6 Å². The number of fused-ring (bicyclic) bond motifs is 1. The third-order valence-corrected chi connectivity index (χ3v) is 5.29. The Morgan fingerprint density at radius 2 is 2.00 bits per heavy atom. The smallest absolute Gasteiger partial charge is 0.228 e. The Labute approximate surface area is 135 Å². The maximum atomic E-state index is 12.5. The summed E-state index contributed by atoms with van der Waals surface area (Å²) < 4.78 is 25.5. The molecular formula is C15H20N4O3S. The van der Waals surface area contributed by atoms with Gasteiger partial charge in [-0.25, -0.2) is 13.4 Å². The molecule has 1 N–H and O–H groups in total. The normalized spacial score (nSPS) is 16.6. The van der Waals surface area contributed by atoms with Crippen molar-refractivity contribution in [3.05, 3.63) is 18.0 Å². The number of carbonyl (C=O) groups excluding carboxylic acids is 1. The molecule has 23 heavy (non-hydrogen) atoms. The molecule has 1 aliphatic carbocycles. The van der Waals surface area contributed by atoms with E-state index in [4.69, 9.17) is 0 Å². The molecule has 0 bridgehead atoms. The van der Waals surface area contributed by atoms with Crippen LogP contribution in [-0.4, -0.2) is 35.2 Å². The maximum absolute atomic E-state index is 12.5.